The molecule has 0 spiro atoms. The summed E-state index contributed by atoms with van der Waals surface area (Å²) in [6, 6.07) is 11.2. The number of carbonyl (C=O) groups excluding carboxylic acids is 1. The molecule has 156 valence electrons. The van der Waals surface area contributed by atoms with E-state index < -0.39 is 0 Å². The van der Waals surface area contributed by atoms with Gasteiger partial charge in [-0.2, -0.15) is 5.10 Å². The van der Waals surface area contributed by atoms with Crippen molar-refractivity contribution in [2.75, 3.05) is 20.8 Å². The van der Waals surface area contributed by atoms with Crippen molar-refractivity contribution >= 4 is 17.5 Å². The summed E-state index contributed by atoms with van der Waals surface area (Å²) >= 11 is 6.52. The summed E-state index contributed by atoms with van der Waals surface area (Å²) in [6.07, 6.45) is 0.429. The summed E-state index contributed by atoms with van der Waals surface area (Å²) in [7, 11) is 3.25. The lowest BCUT2D eigenvalue weighted by Gasteiger charge is -2.13. The molecule has 1 aliphatic rings. The van der Waals surface area contributed by atoms with Gasteiger partial charge >= 0.3 is 0 Å². The Morgan fingerprint density at radius 3 is 2.80 bits per heavy atom. The summed E-state index contributed by atoms with van der Waals surface area (Å²) in [6.45, 7) is 2.20. The molecule has 3 aromatic rings. The van der Waals surface area contributed by atoms with Crippen LogP contribution >= 0.6 is 11.6 Å². The molecule has 2 N–H and O–H groups in total. The van der Waals surface area contributed by atoms with Gasteiger partial charge in [-0.05, 0) is 48.9 Å². The number of aromatic amines is 1. The number of fused-ring (bicyclic) bond motifs is 1. The molecule has 0 saturated carbocycles. The van der Waals surface area contributed by atoms with Gasteiger partial charge in [-0.25, -0.2) is 0 Å². The van der Waals surface area contributed by atoms with Crippen molar-refractivity contribution in [2.45, 2.75) is 19.4 Å². The van der Waals surface area contributed by atoms with Crippen molar-refractivity contribution in [3.63, 3.8) is 0 Å². The average Bonchev–Trinajstić information content (AvgIpc) is 3.37. The number of carbonyl (C=O) groups is 1. The van der Waals surface area contributed by atoms with Crippen molar-refractivity contribution in [3.05, 3.63) is 58.4 Å². The van der Waals surface area contributed by atoms with Gasteiger partial charge in [0.2, 0.25) is 0 Å². The van der Waals surface area contributed by atoms with Crippen molar-refractivity contribution in [3.8, 4) is 28.4 Å². The van der Waals surface area contributed by atoms with Crippen LogP contribution in [0.25, 0.3) is 11.1 Å². The minimum atomic E-state index is -0.244. The number of hydrogen-bond acceptors (Lipinski definition) is 5. The quantitative estimate of drug-likeness (QED) is 0.625. The number of ether oxygens (including phenoxy) is 3. The van der Waals surface area contributed by atoms with Gasteiger partial charge in [0, 0.05) is 23.2 Å². The molecular formula is C22H22ClN3O4. The highest BCUT2D eigenvalue weighted by atomic mass is 35.5. The molecule has 1 unspecified atom stereocenters. The largest absolute Gasteiger partial charge is 0.497 e. The zero-order valence-electron chi connectivity index (χ0n) is 16.9. The topological polar surface area (TPSA) is 85.5 Å². The van der Waals surface area contributed by atoms with E-state index in [1.807, 2.05) is 37.3 Å². The van der Waals surface area contributed by atoms with Crippen molar-refractivity contribution in [1.82, 2.24) is 15.5 Å². The van der Waals surface area contributed by atoms with Crippen LogP contribution in [0.3, 0.4) is 0 Å². The minimum Gasteiger partial charge on any atom is -0.497 e. The van der Waals surface area contributed by atoms with Gasteiger partial charge in [-0.15, -0.1) is 0 Å². The van der Waals surface area contributed by atoms with Gasteiger partial charge in [-0.3, -0.25) is 9.89 Å². The number of halogens is 1. The van der Waals surface area contributed by atoms with Gasteiger partial charge in [-0.1, -0.05) is 11.6 Å². The highest BCUT2D eigenvalue weighted by molar-refractivity contribution is 6.32. The molecule has 0 radical (unpaired) electrons. The van der Waals surface area contributed by atoms with E-state index in [2.05, 4.69) is 15.5 Å². The van der Waals surface area contributed by atoms with Gasteiger partial charge in [0.25, 0.3) is 5.91 Å². The second-order valence-corrected chi connectivity index (χ2v) is 7.51. The first kappa shape index (κ1) is 20.1. The summed E-state index contributed by atoms with van der Waals surface area (Å²) in [5.41, 5.74) is 3.96. The van der Waals surface area contributed by atoms with Crippen LogP contribution in [0.2, 0.25) is 5.02 Å². The molecule has 2 aromatic carbocycles. The highest BCUT2D eigenvalue weighted by Crippen LogP contribution is 2.42. The molecule has 1 atom stereocenters. The fourth-order valence-corrected chi connectivity index (χ4v) is 3.81. The van der Waals surface area contributed by atoms with Gasteiger partial charge in [0.15, 0.2) is 0 Å². The number of amides is 1. The summed E-state index contributed by atoms with van der Waals surface area (Å²) in [5, 5.41) is 10.1. The average molecular weight is 428 g/mol. The van der Waals surface area contributed by atoms with E-state index in [1.54, 1.807) is 20.3 Å². The Morgan fingerprint density at radius 1 is 1.27 bits per heavy atom. The number of hydrogen-bond donors (Lipinski definition) is 2. The smallest absolute Gasteiger partial charge is 0.271 e. The van der Waals surface area contributed by atoms with Crippen LogP contribution in [0, 0.1) is 6.92 Å². The molecule has 30 heavy (non-hydrogen) atoms. The van der Waals surface area contributed by atoms with Crippen LogP contribution in [0.15, 0.2) is 36.4 Å². The Bertz CT molecular complexity index is 1100. The molecule has 0 saturated heterocycles. The van der Waals surface area contributed by atoms with E-state index in [9.17, 15) is 4.79 Å². The molecule has 1 amide bonds. The maximum absolute atomic E-state index is 12.2. The molecule has 4 rings (SSSR count). The first-order chi connectivity index (χ1) is 14.5. The van der Waals surface area contributed by atoms with Crippen molar-refractivity contribution in [1.29, 1.82) is 0 Å². The molecule has 1 aliphatic heterocycles. The van der Waals surface area contributed by atoms with Gasteiger partial charge in [0.1, 0.15) is 29.0 Å². The van der Waals surface area contributed by atoms with E-state index in [0.717, 1.165) is 33.9 Å². The monoisotopic (exact) mass is 427 g/mol. The third kappa shape index (κ3) is 3.93. The minimum absolute atomic E-state index is 0.205. The lowest BCUT2D eigenvalue weighted by molar-refractivity contribution is 0.0928. The number of aromatic nitrogens is 2. The Balaban J connectivity index is 1.52. The first-order valence-electron chi connectivity index (χ1n) is 9.50. The second kappa shape index (κ2) is 8.28. The molecule has 0 fully saturated rings. The van der Waals surface area contributed by atoms with Gasteiger partial charge in [0.05, 0.1) is 25.8 Å². The number of nitrogens with zero attached hydrogens (tertiary/aromatic N) is 1. The van der Waals surface area contributed by atoms with E-state index in [0.29, 0.717) is 29.4 Å². The fourth-order valence-electron chi connectivity index (χ4n) is 3.53. The SMILES string of the molecule is COc1ccc(OC)c(-c2cc(Cl)c3c(c2)CC(CNC(=O)c2cc(C)[nH]n2)O3)c1. The predicted octanol–water partition coefficient (Wildman–Crippen LogP) is 3.79. The Morgan fingerprint density at radius 2 is 2.10 bits per heavy atom. The predicted molar refractivity (Wildman–Crippen MR) is 114 cm³/mol. The number of benzene rings is 2. The Kier molecular flexibility index (Phi) is 5.55. The zero-order valence-corrected chi connectivity index (χ0v) is 17.7. The number of H-pyrrole nitrogens is 1. The van der Waals surface area contributed by atoms with Crippen molar-refractivity contribution < 1.29 is 19.0 Å². The Hall–Kier alpha value is -3.19. The third-order valence-electron chi connectivity index (χ3n) is 5.00. The number of aryl methyl sites for hydroxylation is 1. The first-order valence-corrected chi connectivity index (χ1v) is 9.88. The van der Waals surface area contributed by atoms with Crippen LogP contribution in [0.1, 0.15) is 21.7 Å². The number of rotatable bonds is 6. The third-order valence-corrected chi connectivity index (χ3v) is 5.28. The summed E-state index contributed by atoms with van der Waals surface area (Å²) in [5.74, 6) is 1.86. The Labute approximate surface area is 179 Å². The molecule has 0 bridgehead atoms. The van der Waals surface area contributed by atoms with E-state index in [-0.39, 0.29) is 12.0 Å². The molecule has 8 heteroatoms. The molecule has 1 aromatic heterocycles. The summed E-state index contributed by atoms with van der Waals surface area (Å²) < 4.78 is 16.8. The molecule has 7 nitrogen and oxygen atoms in total. The second-order valence-electron chi connectivity index (χ2n) is 7.10. The maximum Gasteiger partial charge on any atom is 0.271 e. The van der Waals surface area contributed by atoms with E-state index in [1.165, 1.54) is 0 Å². The number of methoxy groups -OCH3 is 2. The molecule has 2 heterocycles. The van der Waals surface area contributed by atoms with Crippen LogP contribution in [-0.4, -0.2) is 43.0 Å². The van der Waals surface area contributed by atoms with Gasteiger partial charge < -0.3 is 19.5 Å². The highest BCUT2D eigenvalue weighted by Gasteiger charge is 2.27. The normalized spacial score (nSPS) is 14.7. The summed E-state index contributed by atoms with van der Waals surface area (Å²) in [4.78, 5) is 12.2. The zero-order chi connectivity index (χ0) is 21.3. The molecule has 0 aliphatic carbocycles. The van der Waals surface area contributed by atoms with Crippen LogP contribution in [0.4, 0.5) is 0 Å². The van der Waals surface area contributed by atoms with Crippen LogP contribution < -0.4 is 19.5 Å². The lowest BCUT2D eigenvalue weighted by Crippen LogP contribution is -2.34. The van der Waals surface area contributed by atoms with E-state index >= 15 is 0 Å². The fraction of sp³-hybridized carbons (Fsp3) is 0.273. The lowest BCUT2D eigenvalue weighted by atomic mass is 9.99. The van der Waals surface area contributed by atoms with Crippen LogP contribution in [-0.2, 0) is 6.42 Å². The van der Waals surface area contributed by atoms with Crippen molar-refractivity contribution in [2.24, 2.45) is 0 Å². The van der Waals surface area contributed by atoms with Crippen LogP contribution in [0.5, 0.6) is 17.2 Å². The maximum atomic E-state index is 12.2. The molecular weight excluding hydrogens is 406 g/mol. The van der Waals surface area contributed by atoms with E-state index in [4.69, 9.17) is 25.8 Å². The standard InChI is InChI=1S/C22H22ClN3O4/c1-12-6-19(26-25-12)22(27)24-11-16-8-14-7-13(9-18(23)21(14)30-16)17-10-15(28-2)4-5-20(17)29-3/h4-7,9-10,16H,8,11H2,1-3H3,(H,24,27)(H,25,26). The number of nitrogens with one attached hydrogen (secondary N) is 2.